The van der Waals surface area contributed by atoms with Gasteiger partial charge in [0.15, 0.2) is 0 Å². The van der Waals surface area contributed by atoms with Crippen molar-refractivity contribution in [3.8, 4) is 5.75 Å². The molecule has 0 aliphatic heterocycles. The van der Waals surface area contributed by atoms with Gasteiger partial charge in [-0.25, -0.2) is 4.79 Å². The van der Waals surface area contributed by atoms with Gasteiger partial charge in [0.05, 0.1) is 16.7 Å². The van der Waals surface area contributed by atoms with Crippen molar-refractivity contribution in [2.24, 2.45) is 0 Å². The Bertz CT molecular complexity index is 713. The summed E-state index contributed by atoms with van der Waals surface area (Å²) in [6, 6.07) is 10.8. The van der Waals surface area contributed by atoms with E-state index in [4.69, 9.17) is 21.4 Å². The van der Waals surface area contributed by atoms with Gasteiger partial charge in [0.25, 0.3) is 0 Å². The Morgan fingerprint density at radius 1 is 1.30 bits per heavy atom. The molecule has 0 radical (unpaired) electrons. The summed E-state index contributed by atoms with van der Waals surface area (Å²) in [5, 5.41) is 13.0. The summed E-state index contributed by atoms with van der Waals surface area (Å²) >= 11 is 6.22. The van der Waals surface area contributed by atoms with Crippen LogP contribution in [-0.2, 0) is 6.54 Å². The van der Waals surface area contributed by atoms with Crippen LogP contribution >= 0.6 is 11.6 Å². The molecule has 0 aliphatic rings. The second-order valence-corrected chi connectivity index (χ2v) is 5.98. The molecule has 0 bridgehead atoms. The fourth-order valence-corrected chi connectivity index (χ4v) is 2.51. The first-order valence-corrected chi connectivity index (χ1v) is 7.78. The van der Waals surface area contributed by atoms with E-state index in [1.165, 1.54) is 0 Å². The fourth-order valence-electron chi connectivity index (χ4n) is 2.26. The highest BCUT2D eigenvalue weighted by molar-refractivity contribution is 6.32. The van der Waals surface area contributed by atoms with Crippen LogP contribution in [0.2, 0.25) is 5.02 Å². The lowest BCUT2D eigenvalue weighted by molar-refractivity contribution is 0.0696. The highest BCUT2D eigenvalue weighted by Gasteiger charge is 2.10. The molecule has 23 heavy (non-hydrogen) atoms. The Hall–Kier alpha value is -2.20. The average Bonchev–Trinajstić information content (AvgIpc) is 2.48. The second-order valence-electron chi connectivity index (χ2n) is 5.57. The number of benzene rings is 2. The van der Waals surface area contributed by atoms with Crippen LogP contribution in [0.3, 0.4) is 0 Å². The van der Waals surface area contributed by atoms with E-state index < -0.39 is 5.97 Å². The van der Waals surface area contributed by atoms with Crippen molar-refractivity contribution in [3.05, 3.63) is 58.1 Å². The van der Waals surface area contributed by atoms with Crippen LogP contribution in [0.15, 0.2) is 36.4 Å². The first kappa shape index (κ1) is 17.2. The SMILES string of the molecule is Cc1c(NCc2ccc(OC(C)C)c(Cl)c2)cccc1C(=O)O. The van der Waals surface area contributed by atoms with E-state index in [0.717, 1.165) is 11.3 Å². The first-order chi connectivity index (χ1) is 10.9. The summed E-state index contributed by atoms with van der Waals surface area (Å²) in [6.45, 7) is 6.23. The molecule has 122 valence electrons. The molecular formula is C18H20ClNO3. The van der Waals surface area contributed by atoms with Gasteiger partial charge in [0, 0.05) is 12.2 Å². The van der Waals surface area contributed by atoms with Crippen molar-refractivity contribution in [1.29, 1.82) is 0 Å². The van der Waals surface area contributed by atoms with Gasteiger partial charge in [0.2, 0.25) is 0 Å². The zero-order valence-electron chi connectivity index (χ0n) is 13.4. The molecule has 2 aromatic rings. The number of hydrogen-bond donors (Lipinski definition) is 2. The number of hydrogen-bond acceptors (Lipinski definition) is 3. The molecule has 0 saturated heterocycles. The van der Waals surface area contributed by atoms with Gasteiger partial charge in [-0.15, -0.1) is 0 Å². The number of nitrogens with one attached hydrogen (secondary N) is 1. The zero-order valence-corrected chi connectivity index (χ0v) is 14.1. The lowest BCUT2D eigenvalue weighted by Gasteiger charge is -2.14. The Balaban J connectivity index is 2.11. The summed E-state index contributed by atoms with van der Waals surface area (Å²) in [5.41, 5.74) is 2.80. The van der Waals surface area contributed by atoms with Gasteiger partial charge < -0.3 is 15.2 Å². The lowest BCUT2D eigenvalue weighted by atomic mass is 10.1. The monoisotopic (exact) mass is 333 g/mol. The van der Waals surface area contributed by atoms with E-state index in [1.54, 1.807) is 19.1 Å². The maximum Gasteiger partial charge on any atom is 0.336 e. The van der Waals surface area contributed by atoms with E-state index >= 15 is 0 Å². The molecule has 0 saturated carbocycles. The van der Waals surface area contributed by atoms with Gasteiger partial charge in [0.1, 0.15) is 5.75 Å². The Kier molecular flexibility index (Phi) is 5.50. The number of carboxylic acid groups (broad SMARTS) is 1. The van der Waals surface area contributed by atoms with Gasteiger partial charge in [-0.05, 0) is 56.2 Å². The van der Waals surface area contributed by atoms with Crippen LogP contribution in [0.25, 0.3) is 0 Å². The number of halogens is 1. The topological polar surface area (TPSA) is 58.6 Å². The number of aromatic carboxylic acids is 1. The normalized spacial score (nSPS) is 10.7. The third-order valence-electron chi connectivity index (χ3n) is 3.41. The summed E-state index contributed by atoms with van der Waals surface area (Å²) in [4.78, 5) is 11.2. The van der Waals surface area contributed by atoms with E-state index in [9.17, 15) is 4.79 Å². The first-order valence-electron chi connectivity index (χ1n) is 7.40. The maximum atomic E-state index is 11.2. The number of carbonyl (C=O) groups is 1. The quantitative estimate of drug-likeness (QED) is 0.801. The number of rotatable bonds is 6. The van der Waals surface area contributed by atoms with Crippen LogP contribution in [0.4, 0.5) is 5.69 Å². The van der Waals surface area contributed by atoms with Crippen LogP contribution in [0.5, 0.6) is 5.75 Å². The van der Waals surface area contributed by atoms with Gasteiger partial charge in [-0.2, -0.15) is 0 Å². The predicted octanol–water partition coefficient (Wildman–Crippen LogP) is 4.75. The maximum absolute atomic E-state index is 11.2. The third kappa shape index (κ3) is 4.39. The molecule has 0 aliphatic carbocycles. The van der Waals surface area contributed by atoms with Crippen molar-refractivity contribution in [1.82, 2.24) is 0 Å². The van der Waals surface area contributed by atoms with Gasteiger partial charge in [-0.1, -0.05) is 23.7 Å². The molecule has 0 heterocycles. The number of ether oxygens (including phenoxy) is 1. The molecule has 4 nitrogen and oxygen atoms in total. The summed E-state index contributed by atoms with van der Waals surface area (Å²) in [7, 11) is 0. The molecule has 0 atom stereocenters. The van der Waals surface area contributed by atoms with Crippen LogP contribution in [0.1, 0.15) is 35.3 Å². The van der Waals surface area contributed by atoms with Crippen molar-refractivity contribution in [3.63, 3.8) is 0 Å². The second kappa shape index (κ2) is 7.38. The molecule has 0 aromatic heterocycles. The van der Waals surface area contributed by atoms with Gasteiger partial charge in [-0.3, -0.25) is 0 Å². The molecule has 0 fully saturated rings. The van der Waals surface area contributed by atoms with Crippen molar-refractivity contribution in [2.45, 2.75) is 33.4 Å². The van der Waals surface area contributed by atoms with E-state index in [1.807, 2.05) is 38.1 Å². The summed E-state index contributed by atoms with van der Waals surface area (Å²) in [6.07, 6.45) is 0.0675. The highest BCUT2D eigenvalue weighted by atomic mass is 35.5. The average molecular weight is 334 g/mol. The minimum atomic E-state index is -0.926. The van der Waals surface area contributed by atoms with Crippen LogP contribution in [0, 0.1) is 6.92 Å². The predicted molar refractivity (Wildman–Crippen MR) is 92.7 cm³/mol. The summed E-state index contributed by atoms with van der Waals surface area (Å²) < 4.78 is 5.61. The smallest absolute Gasteiger partial charge is 0.336 e. The Morgan fingerprint density at radius 2 is 2.04 bits per heavy atom. The number of carboxylic acids is 1. The largest absolute Gasteiger partial charge is 0.489 e. The van der Waals surface area contributed by atoms with Crippen molar-refractivity contribution >= 4 is 23.3 Å². The lowest BCUT2D eigenvalue weighted by Crippen LogP contribution is -2.07. The number of anilines is 1. The van der Waals surface area contributed by atoms with Crippen molar-refractivity contribution in [2.75, 3.05) is 5.32 Å². The van der Waals surface area contributed by atoms with Gasteiger partial charge >= 0.3 is 5.97 Å². The van der Waals surface area contributed by atoms with Crippen molar-refractivity contribution < 1.29 is 14.6 Å². The molecule has 2 rings (SSSR count). The zero-order chi connectivity index (χ0) is 17.0. The fraction of sp³-hybridized carbons (Fsp3) is 0.278. The molecule has 2 N–H and O–H groups in total. The van der Waals surface area contributed by atoms with E-state index in [2.05, 4.69) is 5.32 Å². The molecule has 0 spiro atoms. The van der Waals surface area contributed by atoms with Crippen LogP contribution in [-0.4, -0.2) is 17.2 Å². The molecular weight excluding hydrogens is 314 g/mol. The minimum Gasteiger partial charge on any atom is -0.489 e. The summed E-state index contributed by atoms with van der Waals surface area (Å²) in [5.74, 6) is -0.265. The standard InChI is InChI=1S/C18H20ClNO3/c1-11(2)23-17-8-7-13(9-15(17)19)10-20-16-6-4-5-14(12(16)3)18(21)22/h4-9,11,20H,10H2,1-3H3,(H,21,22). The molecule has 5 heteroatoms. The Labute approximate surface area is 141 Å². The molecule has 0 amide bonds. The molecule has 0 unspecified atom stereocenters. The Morgan fingerprint density at radius 3 is 2.65 bits per heavy atom. The van der Waals surface area contributed by atoms with E-state index in [0.29, 0.717) is 28.4 Å². The minimum absolute atomic E-state index is 0.0675. The highest BCUT2D eigenvalue weighted by Crippen LogP contribution is 2.27. The van der Waals surface area contributed by atoms with Crippen LogP contribution < -0.4 is 10.1 Å². The van der Waals surface area contributed by atoms with E-state index in [-0.39, 0.29) is 6.10 Å². The third-order valence-corrected chi connectivity index (χ3v) is 3.70. The molecule has 2 aromatic carbocycles.